The maximum absolute atomic E-state index is 13.1. The van der Waals surface area contributed by atoms with Gasteiger partial charge in [0.05, 0.1) is 16.7 Å². The van der Waals surface area contributed by atoms with Crippen molar-refractivity contribution < 1.29 is 19.1 Å². The Morgan fingerprint density at radius 2 is 1.77 bits per heavy atom. The van der Waals surface area contributed by atoms with Gasteiger partial charge in [-0.05, 0) is 35.4 Å². The molecule has 160 valence electrons. The lowest BCUT2D eigenvalue weighted by atomic mass is 9.72. The molecule has 0 bridgehead atoms. The Bertz CT molecular complexity index is 1140. The molecule has 0 radical (unpaired) electrons. The quantitative estimate of drug-likeness (QED) is 0.435. The highest BCUT2D eigenvalue weighted by Crippen LogP contribution is 2.37. The van der Waals surface area contributed by atoms with Crippen LogP contribution in [-0.2, 0) is 16.1 Å². The van der Waals surface area contributed by atoms with Crippen LogP contribution in [0.5, 0.6) is 5.75 Å². The van der Waals surface area contributed by atoms with Crippen LogP contribution in [0.2, 0.25) is 0 Å². The summed E-state index contributed by atoms with van der Waals surface area (Å²) in [6.07, 6.45) is 0.709. The van der Waals surface area contributed by atoms with Gasteiger partial charge in [0.15, 0.2) is 0 Å². The second kappa shape index (κ2) is 7.78. The molecule has 0 saturated heterocycles. The van der Waals surface area contributed by atoms with Gasteiger partial charge < -0.3 is 14.3 Å². The largest absolute Gasteiger partial charge is 0.508 e. The van der Waals surface area contributed by atoms with Gasteiger partial charge in [-0.3, -0.25) is 9.59 Å². The zero-order chi connectivity index (χ0) is 22.3. The molecule has 1 heterocycles. The third kappa shape index (κ3) is 4.66. The van der Waals surface area contributed by atoms with Gasteiger partial charge >= 0.3 is 5.97 Å². The molecule has 3 aromatic rings. The van der Waals surface area contributed by atoms with E-state index in [0.29, 0.717) is 33.9 Å². The molecule has 5 heteroatoms. The van der Waals surface area contributed by atoms with Crippen molar-refractivity contribution in [2.75, 3.05) is 0 Å². The molecule has 5 nitrogen and oxygen atoms in total. The first-order chi connectivity index (χ1) is 13.9. The Hall–Kier alpha value is -2.82. The maximum atomic E-state index is 13.1. The minimum absolute atomic E-state index is 0.00124. The second-order valence-corrected chi connectivity index (χ2v) is 10.2. The van der Waals surface area contributed by atoms with E-state index in [0.717, 1.165) is 0 Å². The van der Waals surface area contributed by atoms with Crippen LogP contribution in [0.25, 0.3) is 21.9 Å². The van der Waals surface area contributed by atoms with Crippen LogP contribution in [0.15, 0.2) is 45.6 Å². The summed E-state index contributed by atoms with van der Waals surface area (Å²) in [5, 5.41) is 10.4. The van der Waals surface area contributed by atoms with E-state index in [1.165, 1.54) is 18.2 Å². The zero-order valence-electron chi connectivity index (χ0n) is 18.5. The average Bonchev–Trinajstić information content (AvgIpc) is 2.62. The average molecular weight is 411 g/mol. The van der Waals surface area contributed by atoms with Crippen LogP contribution < -0.4 is 5.43 Å². The number of hydrogen-bond donors (Lipinski definition) is 1. The van der Waals surface area contributed by atoms with E-state index in [1.807, 2.05) is 20.8 Å². The third-order valence-electron chi connectivity index (χ3n) is 5.29. The lowest BCUT2D eigenvalue weighted by Crippen LogP contribution is -2.33. The van der Waals surface area contributed by atoms with E-state index < -0.39 is 0 Å². The number of hydrogen-bond acceptors (Lipinski definition) is 5. The monoisotopic (exact) mass is 410 g/mol. The fraction of sp³-hybridized carbons (Fsp3) is 0.440. The van der Waals surface area contributed by atoms with Gasteiger partial charge in [0.2, 0.25) is 5.43 Å². The molecular weight excluding hydrogens is 380 g/mol. The normalized spacial score (nSPS) is 13.5. The minimum Gasteiger partial charge on any atom is -0.508 e. The molecule has 1 N–H and O–H groups in total. The molecule has 1 atom stereocenters. The number of carbonyl (C=O) groups is 1. The summed E-state index contributed by atoms with van der Waals surface area (Å²) in [5.74, 6) is -0.487. The standard InChI is InChI=1S/C25H30O5/c1-24(2,3)13-18(25(4,5)6)23(28)29-14-15-8-7-9-19-21(15)22(27)17-11-10-16(26)12-20(17)30-19/h7-12,18,26H,13-14H2,1-6H3. The zero-order valence-corrected chi connectivity index (χ0v) is 18.5. The van der Waals surface area contributed by atoms with Crippen molar-refractivity contribution in [3.8, 4) is 5.75 Å². The number of carbonyl (C=O) groups excluding carboxylic acids is 1. The molecule has 0 fully saturated rings. The van der Waals surface area contributed by atoms with E-state index in [4.69, 9.17) is 9.15 Å². The Morgan fingerprint density at radius 3 is 2.40 bits per heavy atom. The van der Waals surface area contributed by atoms with Gasteiger partial charge in [-0.2, -0.15) is 0 Å². The van der Waals surface area contributed by atoms with E-state index >= 15 is 0 Å². The summed E-state index contributed by atoms with van der Waals surface area (Å²) in [4.78, 5) is 26.0. The summed E-state index contributed by atoms with van der Waals surface area (Å²) >= 11 is 0. The molecule has 3 rings (SSSR count). The SMILES string of the molecule is CC(C)(C)CC(C(=O)OCc1cccc2oc3cc(O)ccc3c(=O)c12)C(C)(C)C. The molecule has 0 aliphatic carbocycles. The van der Waals surface area contributed by atoms with Crippen molar-refractivity contribution >= 4 is 27.9 Å². The first-order valence-electron chi connectivity index (χ1n) is 10.2. The van der Waals surface area contributed by atoms with Crippen LogP contribution in [-0.4, -0.2) is 11.1 Å². The molecule has 0 aliphatic heterocycles. The van der Waals surface area contributed by atoms with Crippen LogP contribution in [0.1, 0.15) is 53.5 Å². The summed E-state index contributed by atoms with van der Waals surface area (Å²) in [6.45, 7) is 12.4. The predicted molar refractivity (Wildman–Crippen MR) is 118 cm³/mol. The Balaban J connectivity index is 1.95. The number of rotatable bonds is 4. The molecular formula is C25H30O5. The summed E-state index contributed by atoms with van der Waals surface area (Å²) < 4.78 is 11.5. The van der Waals surface area contributed by atoms with Crippen molar-refractivity contribution in [2.45, 2.75) is 54.6 Å². The van der Waals surface area contributed by atoms with E-state index in [9.17, 15) is 14.7 Å². The predicted octanol–water partition coefficient (Wildman–Crippen LogP) is 5.79. The van der Waals surface area contributed by atoms with Crippen LogP contribution in [0.3, 0.4) is 0 Å². The summed E-state index contributed by atoms with van der Waals surface area (Å²) in [6, 6.07) is 9.65. The highest BCUT2D eigenvalue weighted by molar-refractivity contribution is 5.92. The molecule has 0 spiro atoms. The van der Waals surface area contributed by atoms with Crippen molar-refractivity contribution in [1.29, 1.82) is 0 Å². The highest BCUT2D eigenvalue weighted by atomic mass is 16.5. The molecule has 0 amide bonds. The Kier molecular flexibility index (Phi) is 5.68. The van der Waals surface area contributed by atoms with E-state index in [2.05, 4.69) is 20.8 Å². The number of fused-ring (bicyclic) bond motifs is 2. The number of phenols is 1. The number of esters is 1. The van der Waals surface area contributed by atoms with Gasteiger partial charge in [0, 0.05) is 11.6 Å². The lowest BCUT2D eigenvalue weighted by molar-refractivity contribution is -0.155. The number of aromatic hydroxyl groups is 1. The number of ether oxygens (including phenoxy) is 1. The maximum Gasteiger partial charge on any atom is 0.309 e. The van der Waals surface area contributed by atoms with Gasteiger partial charge in [-0.25, -0.2) is 0 Å². The molecule has 1 unspecified atom stereocenters. The fourth-order valence-corrected chi connectivity index (χ4v) is 3.68. The van der Waals surface area contributed by atoms with Gasteiger partial charge in [-0.1, -0.05) is 53.7 Å². The van der Waals surface area contributed by atoms with Crippen LogP contribution in [0.4, 0.5) is 0 Å². The fourth-order valence-electron chi connectivity index (χ4n) is 3.68. The van der Waals surface area contributed by atoms with Crippen molar-refractivity contribution in [1.82, 2.24) is 0 Å². The topological polar surface area (TPSA) is 76.7 Å². The third-order valence-corrected chi connectivity index (χ3v) is 5.29. The lowest BCUT2D eigenvalue weighted by Gasteiger charge is -2.33. The van der Waals surface area contributed by atoms with Gasteiger partial charge in [0.25, 0.3) is 0 Å². The summed E-state index contributed by atoms with van der Waals surface area (Å²) in [5.41, 5.74) is 0.865. The van der Waals surface area contributed by atoms with Gasteiger partial charge in [-0.15, -0.1) is 0 Å². The van der Waals surface area contributed by atoms with E-state index in [-0.39, 0.29) is 40.5 Å². The Labute approximate surface area is 176 Å². The summed E-state index contributed by atoms with van der Waals surface area (Å²) in [7, 11) is 0. The minimum atomic E-state index is -0.260. The molecule has 0 aliphatic rings. The Morgan fingerprint density at radius 1 is 1.07 bits per heavy atom. The van der Waals surface area contributed by atoms with Crippen molar-refractivity contribution in [2.24, 2.45) is 16.7 Å². The smallest absolute Gasteiger partial charge is 0.309 e. The second-order valence-electron chi connectivity index (χ2n) is 10.2. The molecule has 30 heavy (non-hydrogen) atoms. The van der Waals surface area contributed by atoms with Crippen LogP contribution >= 0.6 is 0 Å². The van der Waals surface area contributed by atoms with E-state index in [1.54, 1.807) is 18.2 Å². The van der Waals surface area contributed by atoms with Crippen molar-refractivity contribution in [3.05, 3.63) is 52.2 Å². The molecule has 1 aromatic heterocycles. The highest BCUT2D eigenvalue weighted by Gasteiger charge is 2.35. The van der Waals surface area contributed by atoms with Gasteiger partial charge in [0.1, 0.15) is 23.5 Å². The van der Waals surface area contributed by atoms with Crippen LogP contribution in [0, 0.1) is 16.7 Å². The van der Waals surface area contributed by atoms with Crippen molar-refractivity contribution in [3.63, 3.8) is 0 Å². The first-order valence-corrected chi connectivity index (χ1v) is 10.2. The molecule has 2 aromatic carbocycles. The molecule has 0 saturated carbocycles. The number of phenolic OH excluding ortho intramolecular Hbond substituents is 1. The number of benzene rings is 2. The first kappa shape index (κ1) is 21.9.